The molecule has 1 aromatic heterocycles. The molecule has 1 saturated carbocycles. The third-order valence-corrected chi connectivity index (χ3v) is 3.08. The third-order valence-electron chi connectivity index (χ3n) is 3.08. The number of rotatable bonds is 1. The van der Waals surface area contributed by atoms with Crippen LogP contribution in [-0.4, -0.2) is 21.1 Å². The SMILES string of the molecule is [2H]c1cc([2H])c2nc(C([2H])([2H])[2H])n(C3([2H])C(=O)CC(=O)C([2H])C3[2H])c(=O)c2c1N. The molecule has 0 radical (unpaired) electrons. The van der Waals surface area contributed by atoms with Crippen LogP contribution in [0.5, 0.6) is 0 Å². The number of nitrogens with zero attached hydrogens (tertiary/aromatic N) is 2. The Hall–Kier alpha value is -2.50. The summed E-state index contributed by atoms with van der Waals surface area (Å²) in [5.74, 6) is -3.19. The molecular weight excluding hydrogens is 270 g/mol. The fourth-order valence-corrected chi connectivity index (χ4v) is 2.12. The summed E-state index contributed by atoms with van der Waals surface area (Å²) in [6, 6.07) is -2.83. The highest BCUT2D eigenvalue weighted by Gasteiger charge is 2.30. The topological polar surface area (TPSA) is 95.0 Å². The summed E-state index contributed by atoms with van der Waals surface area (Å²) < 4.78 is 63.3. The van der Waals surface area contributed by atoms with Gasteiger partial charge in [-0.25, -0.2) is 4.98 Å². The first-order valence-corrected chi connectivity index (χ1v) is 5.96. The van der Waals surface area contributed by atoms with E-state index < -0.39 is 83.7 Å². The van der Waals surface area contributed by atoms with Crippen LogP contribution in [0, 0.1) is 6.85 Å². The zero-order valence-electron chi connectivity index (χ0n) is 18.6. The van der Waals surface area contributed by atoms with E-state index in [1.54, 1.807) is 0 Å². The maximum Gasteiger partial charge on any atom is 0.264 e. The van der Waals surface area contributed by atoms with E-state index in [0.717, 1.165) is 6.07 Å². The van der Waals surface area contributed by atoms with Gasteiger partial charge in [-0.1, -0.05) is 6.07 Å². The fourth-order valence-electron chi connectivity index (χ4n) is 2.12. The molecule has 3 rings (SSSR count). The number of anilines is 1. The number of nitrogens with two attached hydrogens (primary N) is 1. The van der Waals surface area contributed by atoms with E-state index in [1.165, 1.54) is 0 Å². The second-order valence-corrected chi connectivity index (χ2v) is 4.43. The number of nitrogen functional groups attached to an aromatic ring is 1. The summed E-state index contributed by atoms with van der Waals surface area (Å²) in [5.41, 5.74) is 3.58. The van der Waals surface area contributed by atoms with E-state index in [2.05, 4.69) is 4.98 Å². The van der Waals surface area contributed by atoms with Gasteiger partial charge in [0.1, 0.15) is 11.6 Å². The number of hydrogen-bond acceptors (Lipinski definition) is 5. The number of carbonyl (C=O) groups is 2. The first-order chi connectivity index (χ1) is 13.2. The standard InChI is InChI=1S/C15H15N3O3/c1-8-17-11-4-2-3-10(16)14(11)15(21)18(8)12-6-5-9(19)7-13(12)20/h2-4,12H,5-7,16H2,1H3/i1D3,3D,4D,5D,6D,12D. The van der Waals surface area contributed by atoms with E-state index in [9.17, 15) is 14.4 Å². The Morgan fingerprint density at radius 3 is 3.10 bits per heavy atom. The summed E-state index contributed by atoms with van der Waals surface area (Å²) >= 11 is 0. The zero-order chi connectivity index (χ0) is 22.0. The Bertz CT molecular complexity index is 1130. The Labute approximate surface area is 131 Å². The van der Waals surface area contributed by atoms with Crippen LogP contribution < -0.4 is 11.3 Å². The molecule has 6 nitrogen and oxygen atoms in total. The smallest absolute Gasteiger partial charge is 0.264 e. The van der Waals surface area contributed by atoms with Gasteiger partial charge in [0.05, 0.1) is 27.5 Å². The van der Waals surface area contributed by atoms with Gasteiger partial charge in [-0.15, -0.1) is 0 Å². The number of aryl methyl sites for hydroxylation is 1. The number of ketones is 2. The number of carbonyl (C=O) groups excluding carboxylic acids is 2. The molecule has 2 N–H and O–H groups in total. The Morgan fingerprint density at radius 2 is 2.33 bits per heavy atom. The molecule has 3 atom stereocenters. The molecule has 3 unspecified atom stereocenters. The van der Waals surface area contributed by atoms with Crippen molar-refractivity contribution in [2.24, 2.45) is 0 Å². The maximum absolute atomic E-state index is 13.2. The van der Waals surface area contributed by atoms with Crippen LogP contribution in [0.3, 0.4) is 0 Å². The quantitative estimate of drug-likeness (QED) is 0.628. The minimum atomic E-state index is -3.14. The highest BCUT2D eigenvalue weighted by molar-refractivity contribution is 6.03. The number of fused-ring (bicyclic) bond motifs is 1. The lowest BCUT2D eigenvalue weighted by atomic mass is 9.92. The summed E-state index contributed by atoms with van der Waals surface area (Å²) in [5, 5.41) is -0.541. The molecule has 108 valence electrons. The van der Waals surface area contributed by atoms with E-state index in [4.69, 9.17) is 16.7 Å². The minimum Gasteiger partial charge on any atom is -0.398 e. The predicted octanol–water partition coefficient (Wildman–Crippen LogP) is 1.15. The second-order valence-electron chi connectivity index (χ2n) is 4.43. The molecule has 1 aromatic carbocycles. The van der Waals surface area contributed by atoms with Crippen LogP contribution in [0.2, 0.25) is 0 Å². The maximum atomic E-state index is 13.2. The van der Waals surface area contributed by atoms with Crippen molar-refractivity contribution < 1.29 is 20.6 Å². The summed E-state index contributed by atoms with van der Waals surface area (Å²) in [7, 11) is 0. The van der Waals surface area contributed by atoms with Crippen LogP contribution in [0.25, 0.3) is 10.9 Å². The molecule has 1 fully saturated rings. The van der Waals surface area contributed by atoms with Gasteiger partial charge in [0.15, 0.2) is 5.78 Å². The summed E-state index contributed by atoms with van der Waals surface area (Å²) in [6.45, 7) is -3.14. The van der Waals surface area contributed by atoms with Gasteiger partial charge in [-0.05, 0) is 25.3 Å². The van der Waals surface area contributed by atoms with Gasteiger partial charge in [-0.3, -0.25) is 19.0 Å². The van der Waals surface area contributed by atoms with E-state index in [-0.39, 0.29) is 4.57 Å². The number of hydrogen-bond donors (Lipinski definition) is 1. The molecule has 1 aliphatic rings. The largest absolute Gasteiger partial charge is 0.398 e. The lowest BCUT2D eigenvalue weighted by Crippen LogP contribution is -2.36. The van der Waals surface area contributed by atoms with Gasteiger partial charge in [0, 0.05) is 18.9 Å². The second kappa shape index (κ2) is 4.80. The van der Waals surface area contributed by atoms with Crippen molar-refractivity contribution in [3.8, 4) is 0 Å². The lowest BCUT2D eigenvalue weighted by Gasteiger charge is -2.24. The Morgan fingerprint density at radius 1 is 1.52 bits per heavy atom. The number of benzene rings is 1. The molecule has 0 bridgehead atoms. The molecule has 0 saturated heterocycles. The number of aromatic nitrogens is 2. The van der Waals surface area contributed by atoms with Crippen LogP contribution in [0.1, 0.15) is 42.0 Å². The van der Waals surface area contributed by atoms with Gasteiger partial charge >= 0.3 is 0 Å². The number of Topliss-reactive ketones (excluding diaryl/α,β-unsaturated/α-hetero) is 2. The van der Waals surface area contributed by atoms with Crippen molar-refractivity contribution in [2.75, 3.05) is 5.73 Å². The first kappa shape index (κ1) is 6.98. The molecule has 0 aliphatic heterocycles. The van der Waals surface area contributed by atoms with Crippen molar-refractivity contribution in [2.45, 2.75) is 32.1 Å². The van der Waals surface area contributed by atoms with Crippen LogP contribution in [-0.2, 0) is 9.59 Å². The van der Waals surface area contributed by atoms with Crippen LogP contribution in [0.15, 0.2) is 22.9 Å². The summed E-state index contributed by atoms with van der Waals surface area (Å²) in [6.07, 6.45) is -4.88. The van der Waals surface area contributed by atoms with Crippen LogP contribution in [0.4, 0.5) is 5.69 Å². The first-order valence-electron chi connectivity index (χ1n) is 10.1. The molecule has 1 aliphatic carbocycles. The molecule has 0 amide bonds. The van der Waals surface area contributed by atoms with Crippen molar-refractivity contribution in [1.82, 2.24) is 9.55 Å². The van der Waals surface area contributed by atoms with Crippen molar-refractivity contribution in [3.63, 3.8) is 0 Å². The minimum absolute atomic E-state index is 0.172. The van der Waals surface area contributed by atoms with Crippen molar-refractivity contribution >= 4 is 28.2 Å². The van der Waals surface area contributed by atoms with E-state index in [1.807, 2.05) is 0 Å². The molecule has 6 heteroatoms. The average Bonchev–Trinajstić information content (AvgIpc) is 2.61. The summed E-state index contributed by atoms with van der Waals surface area (Å²) in [4.78, 5) is 41.4. The monoisotopic (exact) mass is 293 g/mol. The van der Waals surface area contributed by atoms with Gasteiger partial charge in [0.2, 0.25) is 0 Å². The van der Waals surface area contributed by atoms with Crippen molar-refractivity contribution in [3.05, 3.63) is 34.3 Å². The Kier molecular flexibility index (Phi) is 1.59. The highest BCUT2D eigenvalue weighted by atomic mass is 16.2. The molecule has 21 heavy (non-hydrogen) atoms. The fraction of sp³-hybridized carbons (Fsp3) is 0.333. The third kappa shape index (κ3) is 2.12. The molecular formula is C15H15N3O3. The van der Waals surface area contributed by atoms with E-state index >= 15 is 0 Å². The predicted molar refractivity (Wildman–Crippen MR) is 78.1 cm³/mol. The average molecular weight is 293 g/mol. The zero-order valence-corrected chi connectivity index (χ0v) is 10.6. The molecule has 2 aromatic rings. The van der Waals surface area contributed by atoms with Crippen molar-refractivity contribution in [1.29, 1.82) is 0 Å². The normalized spacial score (nSPS) is 35.8. The highest BCUT2D eigenvalue weighted by Crippen LogP contribution is 2.24. The van der Waals surface area contributed by atoms with Gasteiger partial charge < -0.3 is 5.73 Å². The van der Waals surface area contributed by atoms with E-state index in [0.29, 0.717) is 0 Å². The van der Waals surface area contributed by atoms with Crippen LogP contribution >= 0.6 is 0 Å². The Balaban J connectivity index is 2.54. The van der Waals surface area contributed by atoms with Gasteiger partial charge in [0.25, 0.3) is 5.56 Å². The van der Waals surface area contributed by atoms with Gasteiger partial charge in [-0.2, -0.15) is 0 Å². The molecule has 0 spiro atoms. The lowest BCUT2D eigenvalue weighted by molar-refractivity contribution is -0.132. The molecule has 1 heterocycles.